The van der Waals surface area contributed by atoms with Crippen LogP contribution in [0.2, 0.25) is 0 Å². The number of hydrogen-bond acceptors (Lipinski definition) is 10. The molecule has 0 amide bonds. The zero-order chi connectivity index (χ0) is 29.5. The Hall–Kier alpha value is -5.19. The summed E-state index contributed by atoms with van der Waals surface area (Å²) in [6.07, 6.45) is -0.839. The molecule has 11 nitrogen and oxygen atoms in total. The molecule has 0 aliphatic carbocycles. The second-order valence-corrected chi connectivity index (χ2v) is 10.4. The van der Waals surface area contributed by atoms with Crippen LogP contribution in [0, 0.1) is 0 Å². The molecule has 2 aliphatic rings. The van der Waals surface area contributed by atoms with Gasteiger partial charge in [0.2, 0.25) is 0 Å². The van der Waals surface area contributed by atoms with Crippen molar-refractivity contribution in [2.75, 3.05) is 6.61 Å². The van der Waals surface area contributed by atoms with Crippen molar-refractivity contribution in [2.24, 2.45) is 0 Å². The number of hydrogen-bond donors (Lipinski definition) is 1. The van der Waals surface area contributed by atoms with Crippen molar-refractivity contribution in [3.05, 3.63) is 82.4 Å². The number of carboxylic acids is 1. The highest BCUT2D eigenvalue weighted by molar-refractivity contribution is 5.97. The molecule has 2 aliphatic heterocycles. The van der Waals surface area contributed by atoms with Gasteiger partial charge in [-0.15, -0.1) is 0 Å². The number of carbonyl (C=O) groups excluding carboxylic acids is 4. The molecular weight excluding hydrogens is 536 g/mol. The lowest BCUT2D eigenvalue weighted by molar-refractivity contribution is -0.146. The lowest BCUT2D eigenvalue weighted by Gasteiger charge is -2.36. The lowest BCUT2D eigenvalue weighted by Crippen LogP contribution is -2.33. The highest BCUT2D eigenvalue weighted by atomic mass is 16.6. The maximum Gasteiger partial charge on any atom is 0.349 e. The van der Waals surface area contributed by atoms with Crippen LogP contribution in [0.4, 0.5) is 0 Å². The first-order chi connectivity index (χ1) is 19.4. The van der Waals surface area contributed by atoms with Gasteiger partial charge in [-0.1, -0.05) is 32.9 Å². The van der Waals surface area contributed by atoms with E-state index in [0.29, 0.717) is 22.3 Å². The van der Waals surface area contributed by atoms with Crippen molar-refractivity contribution in [1.82, 2.24) is 0 Å². The van der Waals surface area contributed by atoms with Crippen LogP contribution in [0.5, 0.6) is 23.0 Å². The Bertz CT molecular complexity index is 1620. The fraction of sp³-hybridized carbons (Fsp3) is 0.233. The third kappa shape index (κ3) is 4.97. The third-order valence-electron chi connectivity index (χ3n) is 6.64. The van der Waals surface area contributed by atoms with Crippen LogP contribution >= 0.6 is 0 Å². The number of fused-ring (bicyclic) bond motifs is 6. The molecule has 41 heavy (non-hydrogen) atoms. The van der Waals surface area contributed by atoms with Crippen molar-refractivity contribution in [2.45, 2.75) is 38.2 Å². The predicted octanol–water partition coefficient (Wildman–Crippen LogP) is 4.01. The molecule has 1 unspecified atom stereocenters. The molecule has 5 rings (SSSR count). The van der Waals surface area contributed by atoms with Crippen molar-refractivity contribution < 1.29 is 52.8 Å². The molecule has 1 N–H and O–H groups in total. The number of benzene rings is 3. The Morgan fingerprint density at radius 3 is 2.02 bits per heavy atom. The van der Waals surface area contributed by atoms with Crippen LogP contribution in [0.3, 0.4) is 0 Å². The maximum absolute atomic E-state index is 13.4. The quantitative estimate of drug-likeness (QED) is 0.193. The summed E-state index contributed by atoms with van der Waals surface area (Å²) in [7, 11) is 0. The summed E-state index contributed by atoms with van der Waals surface area (Å²) in [5.74, 6) is -3.30. The molecular formula is C30H24O11. The Balaban J connectivity index is 1.65. The standard InChI is InChI=1S/C30H24O11/c1-29(2,3)16-4-7-20-19(10-16)28(36)41-30(20)21-8-5-17(38-26(34)13-25(32)33)11-23(21)40-24-12-18(6-9-22(24)30)39-27(35)14-37-15-31/h4-12,15H,13-14H2,1-3H3,(H,32,33). The van der Waals surface area contributed by atoms with Crippen molar-refractivity contribution in [3.8, 4) is 23.0 Å². The van der Waals surface area contributed by atoms with E-state index in [1.165, 1.54) is 24.3 Å². The SMILES string of the molecule is CC(C)(C)c1ccc2c(c1)C(=O)OC21c2ccc(OC(=O)COC=O)cc2Oc2cc(OC(=O)CC(=O)O)ccc21. The molecule has 2 heterocycles. The molecule has 0 saturated heterocycles. The minimum atomic E-state index is -1.46. The minimum absolute atomic E-state index is 0.00909. The van der Waals surface area contributed by atoms with E-state index in [1.807, 2.05) is 32.9 Å². The second-order valence-electron chi connectivity index (χ2n) is 10.4. The summed E-state index contributed by atoms with van der Waals surface area (Å²) in [5.41, 5.74) is 1.04. The van der Waals surface area contributed by atoms with E-state index >= 15 is 0 Å². The van der Waals surface area contributed by atoms with Crippen LogP contribution in [0.15, 0.2) is 54.6 Å². The van der Waals surface area contributed by atoms with Crippen LogP contribution in [0.25, 0.3) is 0 Å². The smallest absolute Gasteiger partial charge is 0.349 e. The Kier molecular flexibility index (Phi) is 6.74. The molecule has 11 heteroatoms. The van der Waals surface area contributed by atoms with E-state index in [0.717, 1.165) is 5.56 Å². The summed E-state index contributed by atoms with van der Waals surface area (Å²) in [6, 6.07) is 14.5. The van der Waals surface area contributed by atoms with Crippen LogP contribution in [-0.4, -0.2) is 42.1 Å². The average molecular weight is 561 g/mol. The van der Waals surface area contributed by atoms with E-state index in [2.05, 4.69) is 4.74 Å². The highest BCUT2D eigenvalue weighted by Gasteiger charge is 2.54. The fourth-order valence-corrected chi connectivity index (χ4v) is 4.84. The first-order valence-corrected chi connectivity index (χ1v) is 12.5. The number of aliphatic carboxylic acids is 1. The largest absolute Gasteiger partial charge is 0.481 e. The minimum Gasteiger partial charge on any atom is -0.481 e. The van der Waals surface area contributed by atoms with Crippen molar-refractivity contribution >= 4 is 30.3 Å². The van der Waals surface area contributed by atoms with Crippen molar-refractivity contribution in [1.29, 1.82) is 0 Å². The summed E-state index contributed by atoms with van der Waals surface area (Å²) >= 11 is 0. The molecule has 0 aromatic heterocycles. The highest BCUT2D eigenvalue weighted by Crippen LogP contribution is 2.57. The summed E-state index contributed by atoms with van der Waals surface area (Å²) in [4.78, 5) is 58.7. The molecule has 0 bridgehead atoms. The number of esters is 3. The fourth-order valence-electron chi connectivity index (χ4n) is 4.84. The molecule has 210 valence electrons. The Morgan fingerprint density at radius 1 is 0.878 bits per heavy atom. The molecule has 1 spiro atoms. The second kappa shape index (κ2) is 10.1. The lowest BCUT2D eigenvalue weighted by atomic mass is 9.76. The van der Waals surface area contributed by atoms with E-state index in [9.17, 15) is 24.0 Å². The van der Waals surface area contributed by atoms with Crippen LogP contribution in [-0.2, 0) is 39.7 Å². The zero-order valence-electron chi connectivity index (χ0n) is 22.2. The summed E-state index contributed by atoms with van der Waals surface area (Å²) < 4.78 is 27.1. The van der Waals surface area contributed by atoms with Gasteiger partial charge in [-0.2, -0.15) is 0 Å². The number of carbonyl (C=O) groups is 5. The molecule has 0 fully saturated rings. The predicted molar refractivity (Wildman–Crippen MR) is 139 cm³/mol. The van der Waals surface area contributed by atoms with Gasteiger partial charge < -0.3 is 28.8 Å². The van der Waals surface area contributed by atoms with Gasteiger partial charge in [0.15, 0.2) is 12.2 Å². The van der Waals surface area contributed by atoms with E-state index < -0.39 is 42.5 Å². The van der Waals surface area contributed by atoms with Crippen LogP contribution < -0.4 is 14.2 Å². The Morgan fingerprint density at radius 2 is 1.46 bits per heavy atom. The molecule has 3 aromatic carbocycles. The van der Waals surface area contributed by atoms with Gasteiger partial charge in [0.25, 0.3) is 6.47 Å². The van der Waals surface area contributed by atoms with Gasteiger partial charge in [-0.3, -0.25) is 14.4 Å². The topological polar surface area (TPSA) is 152 Å². The molecule has 0 saturated carbocycles. The number of rotatable bonds is 7. The summed E-state index contributed by atoms with van der Waals surface area (Å²) in [6.45, 7) is 5.61. The zero-order valence-corrected chi connectivity index (χ0v) is 22.2. The van der Waals surface area contributed by atoms with Crippen LogP contribution in [0.1, 0.15) is 59.8 Å². The first kappa shape index (κ1) is 27.4. The van der Waals surface area contributed by atoms with Gasteiger partial charge in [-0.25, -0.2) is 9.59 Å². The molecule has 3 aromatic rings. The molecule has 0 radical (unpaired) electrons. The summed E-state index contributed by atoms with van der Waals surface area (Å²) in [5, 5.41) is 8.89. The number of ether oxygens (including phenoxy) is 5. The van der Waals surface area contributed by atoms with Gasteiger partial charge >= 0.3 is 23.9 Å². The van der Waals surface area contributed by atoms with Crippen molar-refractivity contribution in [3.63, 3.8) is 0 Å². The van der Waals surface area contributed by atoms with Gasteiger partial charge in [0, 0.05) is 28.8 Å². The van der Waals surface area contributed by atoms with Gasteiger partial charge in [-0.05, 0) is 41.3 Å². The number of carboxylic acid groups (broad SMARTS) is 1. The molecule has 1 atom stereocenters. The first-order valence-electron chi connectivity index (χ1n) is 12.5. The normalized spacial score (nSPS) is 16.4. The maximum atomic E-state index is 13.4. The van der Waals surface area contributed by atoms with E-state index in [-0.39, 0.29) is 34.9 Å². The monoisotopic (exact) mass is 560 g/mol. The average Bonchev–Trinajstić information content (AvgIpc) is 3.18. The van der Waals surface area contributed by atoms with Gasteiger partial charge in [0.05, 0.1) is 5.56 Å². The van der Waals surface area contributed by atoms with Gasteiger partial charge in [0.1, 0.15) is 29.4 Å². The Labute approximate surface area is 233 Å². The third-order valence-corrected chi connectivity index (χ3v) is 6.64. The van der Waals surface area contributed by atoms with E-state index in [4.69, 9.17) is 24.1 Å². The van der Waals surface area contributed by atoms with E-state index in [1.54, 1.807) is 18.2 Å².